The van der Waals surface area contributed by atoms with Crippen molar-refractivity contribution >= 4 is 22.3 Å². The van der Waals surface area contributed by atoms with Gasteiger partial charge in [0.2, 0.25) is 5.88 Å². The summed E-state index contributed by atoms with van der Waals surface area (Å²) in [5.41, 5.74) is 1.38. The van der Waals surface area contributed by atoms with Gasteiger partial charge in [0.15, 0.2) is 0 Å². The molecule has 3 heterocycles. The summed E-state index contributed by atoms with van der Waals surface area (Å²) in [6, 6.07) is 11.5. The number of hydrogen-bond donors (Lipinski definition) is 2. The molecule has 5 rings (SSSR count). The fourth-order valence-corrected chi connectivity index (χ4v) is 4.31. The van der Waals surface area contributed by atoms with Crippen molar-refractivity contribution in [3.63, 3.8) is 0 Å². The van der Waals surface area contributed by atoms with Crippen LogP contribution in [0.5, 0.6) is 5.88 Å². The summed E-state index contributed by atoms with van der Waals surface area (Å²) in [6.45, 7) is 1.57. The molecule has 1 aromatic carbocycles. The lowest BCUT2D eigenvalue weighted by molar-refractivity contribution is 0.0945. The molecule has 1 aliphatic carbocycles. The van der Waals surface area contributed by atoms with Crippen LogP contribution in [0, 0.1) is 11.7 Å². The molecule has 180 valence electrons. The lowest BCUT2D eigenvalue weighted by Crippen LogP contribution is -2.27. The van der Waals surface area contributed by atoms with Gasteiger partial charge in [-0.25, -0.2) is 14.4 Å². The van der Waals surface area contributed by atoms with Crippen LogP contribution in [0.2, 0.25) is 0 Å². The van der Waals surface area contributed by atoms with Gasteiger partial charge in [-0.2, -0.15) is 0 Å². The Hall–Kier alpha value is -3.85. The zero-order chi connectivity index (χ0) is 24.4. The smallest absolute Gasteiger partial charge is 0.270 e. The van der Waals surface area contributed by atoms with Gasteiger partial charge in [0.05, 0.1) is 24.7 Å². The molecule has 1 aliphatic rings. The number of halogens is 1. The lowest BCUT2D eigenvalue weighted by atomic mass is 9.85. The summed E-state index contributed by atoms with van der Waals surface area (Å²) in [6.07, 6.45) is 5.38. The van der Waals surface area contributed by atoms with Crippen LogP contribution in [0.15, 0.2) is 53.5 Å². The van der Waals surface area contributed by atoms with Crippen LogP contribution < -0.4 is 20.9 Å². The topological polar surface area (TPSA) is 97.6 Å². The first-order valence-corrected chi connectivity index (χ1v) is 11.7. The summed E-state index contributed by atoms with van der Waals surface area (Å²) in [5.74, 6) is -0.0355. The van der Waals surface area contributed by atoms with Crippen LogP contribution in [0.1, 0.15) is 41.0 Å². The van der Waals surface area contributed by atoms with Crippen molar-refractivity contribution in [2.75, 3.05) is 13.7 Å². The molecule has 0 radical (unpaired) electrons. The van der Waals surface area contributed by atoms with E-state index in [0.29, 0.717) is 34.6 Å². The fourth-order valence-electron chi connectivity index (χ4n) is 4.31. The number of nitrogens with zero attached hydrogens (tertiary/aromatic N) is 3. The first-order valence-electron chi connectivity index (χ1n) is 11.7. The highest BCUT2D eigenvalue weighted by Crippen LogP contribution is 2.29. The van der Waals surface area contributed by atoms with Gasteiger partial charge in [-0.3, -0.25) is 14.0 Å². The highest BCUT2D eigenvalue weighted by molar-refractivity contribution is 5.93. The molecule has 0 atom stereocenters. The molecule has 0 spiro atoms. The molecule has 1 fully saturated rings. The van der Waals surface area contributed by atoms with Crippen LogP contribution in [-0.4, -0.2) is 33.9 Å². The maximum atomic E-state index is 14.9. The molecular formula is C26H26FN5O3. The Morgan fingerprint density at radius 2 is 2.03 bits per heavy atom. The number of carbonyl (C=O) groups excluding carboxylic acids is 1. The maximum Gasteiger partial charge on any atom is 0.270 e. The number of fused-ring (bicyclic) bond motifs is 2. The molecular weight excluding hydrogens is 449 g/mol. The Balaban J connectivity index is 1.35. The summed E-state index contributed by atoms with van der Waals surface area (Å²) in [5, 5.41) is 7.09. The largest absolute Gasteiger partial charge is 0.480 e. The van der Waals surface area contributed by atoms with Gasteiger partial charge < -0.3 is 15.4 Å². The molecule has 8 nitrogen and oxygen atoms in total. The minimum absolute atomic E-state index is 0.0137. The number of nitrogens with one attached hydrogen (secondary N) is 2. The summed E-state index contributed by atoms with van der Waals surface area (Å²) in [4.78, 5) is 33.6. The van der Waals surface area contributed by atoms with Crippen LogP contribution >= 0.6 is 0 Å². The molecule has 3 aromatic heterocycles. The number of amides is 1. The number of ether oxygens (including phenoxy) is 1. The molecule has 9 heteroatoms. The number of carbonyl (C=O) groups is 1. The number of benzene rings is 1. The highest BCUT2D eigenvalue weighted by Gasteiger charge is 2.18. The first-order chi connectivity index (χ1) is 17.0. The zero-order valence-corrected chi connectivity index (χ0v) is 19.4. The van der Waals surface area contributed by atoms with Gasteiger partial charge in [-0.1, -0.05) is 12.5 Å². The minimum atomic E-state index is -0.505. The molecule has 1 saturated carbocycles. The van der Waals surface area contributed by atoms with E-state index in [-0.39, 0.29) is 23.7 Å². The number of methoxy groups -OCH3 is 1. The molecule has 4 aromatic rings. The van der Waals surface area contributed by atoms with E-state index >= 15 is 0 Å². The van der Waals surface area contributed by atoms with Gasteiger partial charge in [0, 0.05) is 18.8 Å². The third-order valence-electron chi connectivity index (χ3n) is 6.38. The highest BCUT2D eigenvalue weighted by atomic mass is 19.1. The molecule has 0 unspecified atom stereocenters. The molecule has 0 bridgehead atoms. The molecule has 35 heavy (non-hydrogen) atoms. The fraction of sp³-hybridized carbons (Fsp3) is 0.308. The van der Waals surface area contributed by atoms with E-state index in [9.17, 15) is 14.0 Å². The van der Waals surface area contributed by atoms with E-state index in [0.717, 1.165) is 12.1 Å². The van der Waals surface area contributed by atoms with Crippen molar-refractivity contribution < 1.29 is 13.9 Å². The Bertz CT molecular complexity index is 1470. The van der Waals surface area contributed by atoms with E-state index in [1.54, 1.807) is 30.5 Å². The SMILES string of the molecule is COc1nc(CNC(=O)c2cc(=O)n3ccccc3n2)cc2cc(CNCC3CCC3)cc(F)c12. The average Bonchev–Trinajstić information content (AvgIpc) is 2.83. The molecule has 2 N–H and O–H groups in total. The molecule has 1 amide bonds. The van der Waals surface area contributed by atoms with Crippen molar-refractivity contribution in [2.45, 2.75) is 32.4 Å². The van der Waals surface area contributed by atoms with Gasteiger partial charge >= 0.3 is 0 Å². The van der Waals surface area contributed by atoms with E-state index in [2.05, 4.69) is 20.6 Å². The van der Waals surface area contributed by atoms with Crippen molar-refractivity contribution in [2.24, 2.45) is 5.92 Å². The Labute approximate surface area is 201 Å². The molecule has 0 aliphatic heterocycles. The van der Waals surface area contributed by atoms with Crippen molar-refractivity contribution in [1.29, 1.82) is 0 Å². The number of hydrogen-bond acceptors (Lipinski definition) is 6. The second-order valence-electron chi connectivity index (χ2n) is 8.82. The number of pyridine rings is 2. The second kappa shape index (κ2) is 9.79. The standard InChI is InChI=1S/C26H26FN5O3/c1-35-26-24-18(9-17(10-20(24)27)14-28-13-16-5-4-6-16)11-19(30-26)15-29-25(34)21-12-23(33)32-8-3-2-7-22(32)31-21/h2-3,7-12,16,28H,4-6,13-15H2,1H3,(H,29,34). The van der Waals surface area contributed by atoms with Gasteiger partial charge in [0.25, 0.3) is 11.5 Å². The van der Waals surface area contributed by atoms with Crippen molar-refractivity contribution in [3.05, 3.63) is 81.8 Å². The van der Waals surface area contributed by atoms with Gasteiger partial charge in [0.1, 0.15) is 17.2 Å². The minimum Gasteiger partial charge on any atom is -0.480 e. The lowest BCUT2D eigenvalue weighted by Gasteiger charge is -2.25. The van der Waals surface area contributed by atoms with E-state index in [1.807, 2.05) is 6.07 Å². The van der Waals surface area contributed by atoms with Gasteiger partial charge in [-0.05, 0) is 66.6 Å². The summed E-state index contributed by atoms with van der Waals surface area (Å²) in [7, 11) is 1.43. The number of rotatable bonds is 8. The first kappa shape index (κ1) is 22.9. The molecule has 0 saturated heterocycles. The van der Waals surface area contributed by atoms with Crippen LogP contribution in [-0.2, 0) is 13.1 Å². The predicted molar refractivity (Wildman–Crippen MR) is 130 cm³/mol. The zero-order valence-electron chi connectivity index (χ0n) is 19.4. The second-order valence-corrected chi connectivity index (χ2v) is 8.82. The van der Waals surface area contributed by atoms with Crippen LogP contribution in [0.4, 0.5) is 4.39 Å². The van der Waals surface area contributed by atoms with E-state index in [4.69, 9.17) is 4.74 Å². The quantitative estimate of drug-likeness (QED) is 0.406. The summed E-state index contributed by atoms with van der Waals surface area (Å²) >= 11 is 0. The summed E-state index contributed by atoms with van der Waals surface area (Å²) < 4.78 is 21.6. The van der Waals surface area contributed by atoms with Crippen molar-refractivity contribution in [1.82, 2.24) is 25.0 Å². The average molecular weight is 476 g/mol. The monoisotopic (exact) mass is 475 g/mol. The van der Waals surface area contributed by atoms with Crippen LogP contribution in [0.3, 0.4) is 0 Å². The Morgan fingerprint density at radius 1 is 1.17 bits per heavy atom. The third kappa shape index (κ3) is 4.85. The maximum absolute atomic E-state index is 14.9. The third-order valence-corrected chi connectivity index (χ3v) is 6.38. The predicted octanol–water partition coefficient (Wildman–Crippen LogP) is 3.21. The Morgan fingerprint density at radius 3 is 2.80 bits per heavy atom. The van der Waals surface area contributed by atoms with Crippen molar-refractivity contribution in [3.8, 4) is 5.88 Å². The van der Waals surface area contributed by atoms with Gasteiger partial charge in [-0.15, -0.1) is 0 Å². The number of aromatic nitrogens is 3. The normalized spacial score (nSPS) is 13.7. The van der Waals surface area contributed by atoms with Crippen LogP contribution in [0.25, 0.3) is 16.4 Å². The van der Waals surface area contributed by atoms with E-state index in [1.165, 1.54) is 42.9 Å². The van der Waals surface area contributed by atoms with E-state index < -0.39 is 11.7 Å². The Kier molecular flexibility index (Phi) is 6.41.